The fourth-order valence-electron chi connectivity index (χ4n) is 2.54. The first-order valence-corrected chi connectivity index (χ1v) is 7.14. The van der Waals surface area contributed by atoms with Gasteiger partial charge in [-0.2, -0.15) is 0 Å². The second-order valence-corrected chi connectivity index (χ2v) is 5.06. The molecule has 0 aromatic heterocycles. The van der Waals surface area contributed by atoms with Gasteiger partial charge in [0.1, 0.15) is 11.9 Å². The standard InChI is InChI=1S/C18H17NO3/c1-2-21-18(20)19-12-15-10-6-7-11-16(15)22-17(13-19)14-8-4-3-5-9-14/h2-11,17H,1,12-13H2. The molecule has 1 heterocycles. The first kappa shape index (κ1) is 14.2. The van der Waals surface area contributed by atoms with E-state index in [1.807, 2.05) is 54.6 Å². The number of hydrogen-bond donors (Lipinski definition) is 0. The van der Waals surface area contributed by atoms with E-state index in [1.54, 1.807) is 4.90 Å². The maximum atomic E-state index is 12.1. The van der Waals surface area contributed by atoms with Crippen molar-refractivity contribution >= 4 is 6.09 Å². The van der Waals surface area contributed by atoms with Gasteiger partial charge in [-0.05, 0) is 11.6 Å². The van der Waals surface area contributed by atoms with E-state index in [1.165, 1.54) is 0 Å². The Morgan fingerprint density at radius 2 is 1.91 bits per heavy atom. The van der Waals surface area contributed by atoms with Gasteiger partial charge in [0, 0.05) is 5.56 Å². The number of carbonyl (C=O) groups is 1. The van der Waals surface area contributed by atoms with Crippen LogP contribution >= 0.6 is 0 Å². The lowest BCUT2D eigenvalue weighted by Crippen LogP contribution is -2.33. The summed E-state index contributed by atoms with van der Waals surface area (Å²) in [6.45, 7) is 4.31. The van der Waals surface area contributed by atoms with Crippen molar-refractivity contribution in [1.82, 2.24) is 4.90 Å². The maximum absolute atomic E-state index is 12.1. The Balaban J connectivity index is 1.95. The van der Waals surface area contributed by atoms with Crippen LogP contribution < -0.4 is 4.74 Å². The highest BCUT2D eigenvalue weighted by Crippen LogP contribution is 2.31. The summed E-state index contributed by atoms with van der Waals surface area (Å²) in [5.41, 5.74) is 1.98. The van der Waals surface area contributed by atoms with Crippen LogP contribution in [0.3, 0.4) is 0 Å². The number of para-hydroxylation sites is 1. The Kier molecular flexibility index (Phi) is 4.10. The van der Waals surface area contributed by atoms with Crippen molar-refractivity contribution in [3.8, 4) is 5.75 Å². The Hall–Kier alpha value is -2.75. The molecule has 0 N–H and O–H groups in total. The predicted molar refractivity (Wildman–Crippen MR) is 83.3 cm³/mol. The van der Waals surface area contributed by atoms with Gasteiger partial charge in [0.25, 0.3) is 0 Å². The van der Waals surface area contributed by atoms with Gasteiger partial charge < -0.3 is 9.47 Å². The lowest BCUT2D eigenvalue weighted by atomic mass is 10.1. The fourth-order valence-corrected chi connectivity index (χ4v) is 2.54. The average molecular weight is 295 g/mol. The van der Waals surface area contributed by atoms with Crippen LogP contribution in [0.2, 0.25) is 0 Å². The van der Waals surface area contributed by atoms with E-state index < -0.39 is 6.09 Å². The molecular weight excluding hydrogens is 278 g/mol. The zero-order chi connectivity index (χ0) is 15.4. The number of rotatable bonds is 2. The zero-order valence-corrected chi connectivity index (χ0v) is 12.1. The molecule has 0 radical (unpaired) electrons. The lowest BCUT2D eigenvalue weighted by Gasteiger charge is -2.23. The Morgan fingerprint density at radius 3 is 2.68 bits per heavy atom. The van der Waals surface area contributed by atoms with E-state index in [-0.39, 0.29) is 6.10 Å². The molecule has 0 aliphatic carbocycles. The molecule has 1 atom stereocenters. The Bertz CT molecular complexity index is 669. The lowest BCUT2D eigenvalue weighted by molar-refractivity contribution is 0.111. The molecule has 0 saturated carbocycles. The van der Waals surface area contributed by atoms with Gasteiger partial charge in [-0.25, -0.2) is 4.79 Å². The smallest absolute Gasteiger partial charge is 0.415 e. The predicted octanol–water partition coefficient (Wildman–Crippen LogP) is 3.90. The molecule has 22 heavy (non-hydrogen) atoms. The van der Waals surface area contributed by atoms with Crippen molar-refractivity contribution in [3.63, 3.8) is 0 Å². The summed E-state index contributed by atoms with van der Waals surface area (Å²) in [5.74, 6) is 0.797. The SMILES string of the molecule is C=COC(=O)N1Cc2ccccc2OC(c2ccccc2)C1. The van der Waals surface area contributed by atoms with E-state index in [2.05, 4.69) is 6.58 Å². The third-order valence-electron chi connectivity index (χ3n) is 3.60. The number of benzene rings is 2. The van der Waals surface area contributed by atoms with E-state index in [0.29, 0.717) is 13.1 Å². The molecular formula is C18H17NO3. The van der Waals surface area contributed by atoms with Crippen molar-refractivity contribution in [2.75, 3.05) is 6.54 Å². The van der Waals surface area contributed by atoms with Gasteiger partial charge in [0.2, 0.25) is 0 Å². The quantitative estimate of drug-likeness (QED) is 0.789. The molecule has 0 saturated heterocycles. The monoisotopic (exact) mass is 295 g/mol. The minimum Gasteiger partial charge on any atom is -0.484 e. The van der Waals surface area contributed by atoms with Crippen LogP contribution in [0.25, 0.3) is 0 Å². The first-order chi connectivity index (χ1) is 10.8. The first-order valence-electron chi connectivity index (χ1n) is 7.14. The van der Waals surface area contributed by atoms with Crippen LogP contribution in [-0.4, -0.2) is 17.5 Å². The summed E-state index contributed by atoms with van der Waals surface area (Å²) in [7, 11) is 0. The number of nitrogens with zero attached hydrogens (tertiary/aromatic N) is 1. The second kappa shape index (κ2) is 6.35. The summed E-state index contributed by atoms with van der Waals surface area (Å²) >= 11 is 0. The van der Waals surface area contributed by atoms with Crippen LogP contribution in [-0.2, 0) is 11.3 Å². The summed E-state index contributed by atoms with van der Waals surface area (Å²) in [6, 6.07) is 17.6. The van der Waals surface area contributed by atoms with E-state index in [4.69, 9.17) is 9.47 Å². The minimum atomic E-state index is -0.420. The molecule has 0 bridgehead atoms. The van der Waals surface area contributed by atoms with Crippen LogP contribution in [0.5, 0.6) is 5.75 Å². The Morgan fingerprint density at radius 1 is 1.18 bits per heavy atom. The molecule has 1 aliphatic rings. The number of fused-ring (bicyclic) bond motifs is 1. The number of carbonyl (C=O) groups excluding carboxylic acids is 1. The zero-order valence-electron chi connectivity index (χ0n) is 12.1. The molecule has 2 aromatic carbocycles. The molecule has 2 aromatic rings. The van der Waals surface area contributed by atoms with Crippen molar-refractivity contribution in [3.05, 3.63) is 78.6 Å². The normalized spacial score (nSPS) is 16.9. The topological polar surface area (TPSA) is 38.8 Å². The third-order valence-corrected chi connectivity index (χ3v) is 3.60. The molecule has 1 amide bonds. The highest BCUT2D eigenvalue weighted by molar-refractivity contribution is 5.68. The number of amides is 1. The third kappa shape index (κ3) is 2.96. The average Bonchev–Trinajstić information content (AvgIpc) is 2.75. The van der Waals surface area contributed by atoms with Crippen LogP contribution in [0, 0.1) is 0 Å². The van der Waals surface area contributed by atoms with Crippen molar-refractivity contribution in [2.24, 2.45) is 0 Å². The fraction of sp³-hybridized carbons (Fsp3) is 0.167. The number of hydrogen-bond acceptors (Lipinski definition) is 3. The van der Waals surface area contributed by atoms with Gasteiger partial charge in [0.15, 0.2) is 0 Å². The van der Waals surface area contributed by atoms with E-state index in [9.17, 15) is 4.79 Å². The molecule has 1 aliphatic heterocycles. The van der Waals surface area contributed by atoms with Crippen molar-refractivity contribution < 1.29 is 14.3 Å². The van der Waals surface area contributed by atoms with Crippen LogP contribution in [0.15, 0.2) is 67.4 Å². The van der Waals surface area contributed by atoms with Crippen molar-refractivity contribution in [1.29, 1.82) is 0 Å². The molecule has 4 nitrogen and oxygen atoms in total. The van der Waals surface area contributed by atoms with Crippen molar-refractivity contribution in [2.45, 2.75) is 12.6 Å². The summed E-state index contributed by atoms with van der Waals surface area (Å²) in [4.78, 5) is 13.7. The van der Waals surface area contributed by atoms with Gasteiger partial charge in [-0.15, -0.1) is 0 Å². The summed E-state index contributed by atoms with van der Waals surface area (Å²) < 4.78 is 11.1. The maximum Gasteiger partial charge on any atom is 0.415 e. The minimum absolute atomic E-state index is 0.234. The van der Waals surface area contributed by atoms with Gasteiger partial charge in [-0.3, -0.25) is 4.90 Å². The highest BCUT2D eigenvalue weighted by Gasteiger charge is 2.27. The van der Waals surface area contributed by atoms with Crippen LogP contribution in [0.1, 0.15) is 17.2 Å². The van der Waals surface area contributed by atoms with Gasteiger partial charge in [0.05, 0.1) is 19.4 Å². The summed E-state index contributed by atoms with van der Waals surface area (Å²) in [6.07, 6.45) is 0.496. The summed E-state index contributed by atoms with van der Waals surface area (Å²) in [5, 5.41) is 0. The highest BCUT2D eigenvalue weighted by atomic mass is 16.5. The molecule has 3 rings (SSSR count). The molecule has 1 unspecified atom stereocenters. The molecule has 112 valence electrons. The molecule has 0 fully saturated rings. The van der Waals surface area contributed by atoms with Gasteiger partial charge in [-0.1, -0.05) is 55.1 Å². The Labute approximate surface area is 129 Å². The van der Waals surface area contributed by atoms with E-state index >= 15 is 0 Å². The molecule has 0 spiro atoms. The molecule has 4 heteroatoms. The largest absolute Gasteiger partial charge is 0.484 e. The number of ether oxygens (including phenoxy) is 2. The van der Waals surface area contributed by atoms with Crippen LogP contribution in [0.4, 0.5) is 4.79 Å². The second-order valence-electron chi connectivity index (χ2n) is 5.06. The van der Waals surface area contributed by atoms with Gasteiger partial charge >= 0.3 is 6.09 Å². The van der Waals surface area contributed by atoms with E-state index in [0.717, 1.165) is 23.1 Å².